The second-order valence-electron chi connectivity index (χ2n) is 3.54. The van der Waals surface area contributed by atoms with Gasteiger partial charge in [0.15, 0.2) is 0 Å². The van der Waals surface area contributed by atoms with Crippen molar-refractivity contribution in [3.8, 4) is 0 Å². The Balaban J connectivity index is 2.84. The summed E-state index contributed by atoms with van der Waals surface area (Å²) in [5, 5.41) is 7.73. The fraction of sp³-hybridized carbons (Fsp3) is 0.545. The van der Waals surface area contributed by atoms with E-state index in [0.29, 0.717) is 6.54 Å². The average molecular weight is 208 g/mol. The van der Waals surface area contributed by atoms with Gasteiger partial charge in [0.25, 0.3) is 0 Å². The number of hydrogen-bond acceptors (Lipinski definition) is 3. The first-order chi connectivity index (χ1) is 7.22. The fourth-order valence-electron chi connectivity index (χ4n) is 1.66. The molecule has 0 aliphatic rings. The van der Waals surface area contributed by atoms with Crippen LogP contribution in [0.3, 0.4) is 0 Å². The zero-order chi connectivity index (χ0) is 11.3. The molecular weight excluding hydrogens is 188 g/mol. The lowest BCUT2D eigenvalue weighted by Gasteiger charge is -2.15. The summed E-state index contributed by atoms with van der Waals surface area (Å²) in [7, 11) is 1.93. The minimum Gasteiger partial charge on any atom is -0.329 e. The summed E-state index contributed by atoms with van der Waals surface area (Å²) >= 11 is 0. The summed E-state index contributed by atoms with van der Waals surface area (Å²) in [5.74, 6) is 0. The van der Waals surface area contributed by atoms with Gasteiger partial charge in [0, 0.05) is 37.9 Å². The van der Waals surface area contributed by atoms with Gasteiger partial charge >= 0.3 is 0 Å². The van der Waals surface area contributed by atoms with Crippen LogP contribution in [0.25, 0.3) is 0 Å². The molecule has 0 radical (unpaired) electrons. The van der Waals surface area contributed by atoms with Gasteiger partial charge in [-0.15, -0.1) is 6.58 Å². The van der Waals surface area contributed by atoms with Crippen molar-refractivity contribution in [1.29, 1.82) is 0 Å². The highest BCUT2D eigenvalue weighted by molar-refractivity contribution is 5.22. The van der Waals surface area contributed by atoms with Gasteiger partial charge in [0.2, 0.25) is 0 Å². The third-order valence-electron chi connectivity index (χ3n) is 2.39. The summed E-state index contributed by atoms with van der Waals surface area (Å²) in [5.41, 5.74) is 8.06. The van der Waals surface area contributed by atoms with Crippen LogP contribution in [0.1, 0.15) is 24.2 Å². The Morgan fingerprint density at radius 3 is 3.00 bits per heavy atom. The van der Waals surface area contributed by atoms with Crippen molar-refractivity contribution in [3.05, 3.63) is 30.1 Å². The van der Waals surface area contributed by atoms with Crippen molar-refractivity contribution < 1.29 is 0 Å². The van der Waals surface area contributed by atoms with Gasteiger partial charge in [-0.1, -0.05) is 13.0 Å². The molecule has 84 valence electrons. The first kappa shape index (κ1) is 11.9. The number of aryl methyl sites for hydroxylation is 2. The van der Waals surface area contributed by atoms with E-state index >= 15 is 0 Å². The molecule has 1 heterocycles. The predicted octanol–water partition coefficient (Wildman–Crippen LogP) is 0.758. The Bertz CT molecular complexity index is 316. The monoisotopic (exact) mass is 208 g/mol. The predicted molar refractivity (Wildman–Crippen MR) is 62.6 cm³/mol. The van der Waals surface area contributed by atoms with E-state index in [2.05, 4.69) is 23.9 Å². The van der Waals surface area contributed by atoms with E-state index in [1.165, 1.54) is 5.56 Å². The molecule has 0 saturated heterocycles. The number of nitrogens with two attached hydrogens (primary N) is 1. The van der Waals surface area contributed by atoms with E-state index in [9.17, 15) is 0 Å². The van der Waals surface area contributed by atoms with Crippen molar-refractivity contribution in [2.45, 2.75) is 19.4 Å². The minimum absolute atomic E-state index is 0.173. The van der Waals surface area contributed by atoms with Crippen molar-refractivity contribution >= 4 is 0 Å². The molecule has 0 fully saturated rings. The lowest BCUT2D eigenvalue weighted by molar-refractivity contribution is 0.573. The van der Waals surface area contributed by atoms with Crippen molar-refractivity contribution in [2.24, 2.45) is 12.8 Å². The second kappa shape index (κ2) is 5.68. The summed E-state index contributed by atoms with van der Waals surface area (Å²) in [4.78, 5) is 0. The van der Waals surface area contributed by atoms with Gasteiger partial charge in [0.1, 0.15) is 0 Å². The molecule has 1 rings (SSSR count). The lowest BCUT2D eigenvalue weighted by Crippen LogP contribution is -2.28. The molecule has 4 heteroatoms. The van der Waals surface area contributed by atoms with Crippen molar-refractivity contribution in [1.82, 2.24) is 15.1 Å². The van der Waals surface area contributed by atoms with Crippen LogP contribution in [0.2, 0.25) is 0 Å². The van der Waals surface area contributed by atoms with Crippen LogP contribution in [0.4, 0.5) is 0 Å². The van der Waals surface area contributed by atoms with E-state index in [4.69, 9.17) is 5.73 Å². The molecule has 1 unspecified atom stereocenters. The topological polar surface area (TPSA) is 55.9 Å². The second-order valence-corrected chi connectivity index (χ2v) is 3.54. The fourth-order valence-corrected chi connectivity index (χ4v) is 1.66. The lowest BCUT2D eigenvalue weighted by atomic mass is 10.1. The van der Waals surface area contributed by atoms with Crippen LogP contribution in [-0.2, 0) is 13.5 Å². The number of nitrogens with one attached hydrogen (secondary N) is 1. The molecule has 1 atom stereocenters. The van der Waals surface area contributed by atoms with Gasteiger partial charge in [0.05, 0.1) is 5.69 Å². The Morgan fingerprint density at radius 2 is 2.47 bits per heavy atom. The normalized spacial score (nSPS) is 12.7. The van der Waals surface area contributed by atoms with Crippen LogP contribution < -0.4 is 11.1 Å². The van der Waals surface area contributed by atoms with E-state index in [-0.39, 0.29) is 6.04 Å². The molecule has 1 aromatic rings. The molecule has 0 aliphatic heterocycles. The largest absolute Gasteiger partial charge is 0.329 e. The molecule has 3 N–H and O–H groups in total. The molecule has 0 saturated carbocycles. The number of aromatic nitrogens is 2. The van der Waals surface area contributed by atoms with E-state index in [0.717, 1.165) is 18.7 Å². The molecule has 0 aliphatic carbocycles. The maximum atomic E-state index is 5.74. The first-order valence-electron chi connectivity index (χ1n) is 5.29. The molecule has 0 amide bonds. The standard InChI is InChI=1S/C11H20N4/c1-4-6-13-11(7-12)9-8-15(3)14-10(9)5-2/h4,8,11,13H,1,5-7,12H2,2-3H3. The summed E-state index contributed by atoms with van der Waals surface area (Å²) in [6.07, 6.45) is 4.81. The molecule has 0 spiro atoms. The summed E-state index contributed by atoms with van der Waals surface area (Å²) < 4.78 is 1.84. The SMILES string of the molecule is C=CCNC(CN)c1cn(C)nc1CC. The number of nitrogens with zero attached hydrogens (tertiary/aromatic N) is 2. The van der Waals surface area contributed by atoms with Gasteiger partial charge in [-0.2, -0.15) is 5.10 Å². The minimum atomic E-state index is 0.173. The molecule has 0 bridgehead atoms. The zero-order valence-corrected chi connectivity index (χ0v) is 9.53. The van der Waals surface area contributed by atoms with Gasteiger partial charge in [-0.25, -0.2) is 0 Å². The van der Waals surface area contributed by atoms with Gasteiger partial charge in [-0.3, -0.25) is 4.68 Å². The average Bonchev–Trinajstić information content (AvgIpc) is 2.61. The van der Waals surface area contributed by atoms with E-state index < -0.39 is 0 Å². The van der Waals surface area contributed by atoms with Crippen LogP contribution in [0, 0.1) is 0 Å². The van der Waals surface area contributed by atoms with Crippen molar-refractivity contribution in [2.75, 3.05) is 13.1 Å². The Labute approximate surface area is 91.2 Å². The summed E-state index contributed by atoms with van der Waals surface area (Å²) in [6, 6.07) is 0.173. The van der Waals surface area contributed by atoms with Gasteiger partial charge in [-0.05, 0) is 6.42 Å². The molecule has 1 aromatic heterocycles. The Kier molecular flexibility index (Phi) is 4.52. The first-order valence-corrected chi connectivity index (χ1v) is 5.29. The quantitative estimate of drug-likeness (QED) is 0.679. The Hall–Kier alpha value is -1.13. The van der Waals surface area contributed by atoms with Crippen LogP contribution >= 0.6 is 0 Å². The molecule has 4 nitrogen and oxygen atoms in total. The third kappa shape index (κ3) is 2.91. The van der Waals surface area contributed by atoms with Crippen LogP contribution in [0.5, 0.6) is 0 Å². The summed E-state index contributed by atoms with van der Waals surface area (Å²) in [6.45, 7) is 7.13. The molecular formula is C11H20N4. The van der Waals surface area contributed by atoms with Crippen molar-refractivity contribution in [3.63, 3.8) is 0 Å². The highest BCUT2D eigenvalue weighted by Gasteiger charge is 2.15. The van der Waals surface area contributed by atoms with E-state index in [1.54, 1.807) is 0 Å². The van der Waals surface area contributed by atoms with E-state index in [1.807, 2.05) is 24.0 Å². The molecule has 15 heavy (non-hydrogen) atoms. The highest BCUT2D eigenvalue weighted by atomic mass is 15.3. The zero-order valence-electron chi connectivity index (χ0n) is 9.53. The Morgan fingerprint density at radius 1 is 1.73 bits per heavy atom. The maximum Gasteiger partial charge on any atom is 0.0670 e. The van der Waals surface area contributed by atoms with Crippen LogP contribution in [-0.4, -0.2) is 22.9 Å². The number of hydrogen-bond donors (Lipinski definition) is 2. The van der Waals surface area contributed by atoms with Gasteiger partial charge < -0.3 is 11.1 Å². The van der Waals surface area contributed by atoms with Crippen LogP contribution in [0.15, 0.2) is 18.9 Å². The number of rotatable bonds is 6. The maximum absolute atomic E-state index is 5.74. The smallest absolute Gasteiger partial charge is 0.0670 e. The molecule has 0 aromatic carbocycles. The third-order valence-corrected chi connectivity index (χ3v) is 2.39. The highest BCUT2D eigenvalue weighted by Crippen LogP contribution is 2.16.